The van der Waals surface area contributed by atoms with Gasteiger partial charge in [-0.2, -0.15) is 0 Å². The average molecular weight is 297 g/mol. The van der Waals surface area contributed by atoms with E-state index in [-0.39, 0.29) is 29.9 Å². The number of likely N-dealkylation sites (tertiary alicyclic amines) is 1. The molecular formula is C15H27N3O3. The molecule has 2 atom stereocenters. The van der Waals surface area contributed by atoms with Gasteiger partial charge in [0.1, 0.15) is 0 Å². The van der Waals surface area contributed by atoms with E-state index in [0.29, 0.717) is 19.6 Å². The molecule has 2 heterocycles. The molecule has 0 radical (unpaired) electrons. The molecule has 2 aliphatic heterocycles. The number of morpholine rings is 1. The number of nitrogens with zero attached hydrogens (tertiary/aromatic N) is 2. The molecule has 2 aliphatic rings. The largest absolute Gasteiger partial charge is 0.372 e. The van der Waals surface area contributed by atoms with Crippen molar-refractivity contribution in [2.75, 3.05) is 39.8 Å². The van der Waals surface area contributed by atoms with Crippen LogP contribution >= 0.6 is 0 Å². The lowest BCUT2D eigenvalue weighted by Gasteiger charge is -2.37. The third-order valence-corrected chi connectivity index (χ3v) is 4.34. The molecule has 120 valence electrons. The molecule has 2 amide bonds. The van der Waals surface area contributed by atoms with Crippen LogP contribution in [0.1, 0.15) is 26.7 Å². The molecular weight excluding hydrogens is 270 g/mol. The second kappa shape index (κ2) is 7.22. The van der Waals surface area contributed by atoms with Gasteiger partial charge in [0, 0.05) is 26.1 Å². The lowest BCUT2D eigenvalue weighted by molar-refractivity contribution is -0.144. The van der Waals surface area contributed by atoms with Crippen molar-refractivity contribution in [3.05, 3.63) is 0 Å². The average Bonchev–Trinajstić information content (AvgIpc) is 2.46. The van der Waals surface area contributed by atoms with E-state index >= 15 is 0 Å². The van der Waals surface area contributed by atoms with E-state index in [1.54, 1.807) is 7.05 Å². The van der Waals surface area contributed by atoms with Crippen LogP contribution in [0.15, 0.2) is 0 Å². The molecule has 6 nitrogen and oxygen atoms in total. The van der Waals surface area contributed by atoms with E-state index in [9.17, 15) is 9.59 Å². The highest BCUT2D eigenvalue weighted by Gasteiger charge is 2.29. The van der Waals surface area contributed by atoms with Gasteiger partial charge in [-0.25, -0.2) is 0 Å². The van der Waals surface area contributed by atoms with Gasteiger partial charge < -0.3 is 15.0 Å². The van der Waals surface area contributed by atoms with Gasteiger partial charge in [-0.3, -0.25) is 14.5 Å². The first-order chi connectivity index (χ1) is 9.99. The molecule has 2 rings (SSSR count). The van der Waals surface area contributed by atoms with Crippen LogP contribution in [0.2, 0.25) is 0 Å². The smallest absolute Gasteiger partial charge is 0.236 e. The maximum absolute atomic E-state index is 12.4. The van der Waals surface area contributed by atoms with E-state index in [1.807, 2.05) is 18.7 Å². The molecule has 0 saturated carbocycles. The van der Waals surface area contributed by atoms with Gasteiger partial charge >= 0.3 is 0 Å². The van der Waals surface area contributed by atoms with E-state index in [4.69, 9.17) is 4.74 Å². The van der Waals surface area contributed by atoms with Crippen LogP contribution in [0.4, 0.5) is 0 Å². The minimum absolute atomic E-state index is 0.102. The van der Waals surface area contributed by atoms with Crippen LogP contribution in [0.5, 0.6) is 0 Å². The zero-order chi connectivity index (χ0) is 15.4. The predicted molar refractivity (Wildman–Crippen MR) is 79.8 cm³/mol. The number of ether oxygens (including phenoxy) is 1. The molecule has 2 saturated heterocycles. The van der Waals surface area contributed by atoms with E-state index in [0.717, 1.165) is 25.9 Å². The second-order valence-electron chi connectivity index (χ2n) is 6.22. The molecule has 2 unspecified atom stereocenters. The lowest BCUT2D eigenvalue weighted by atomic mass is 9.96. The summed E-state index contributed by atoms with van der Waals surface area (Å²) in [4.78, 5) is 28.0. The van der Waals surface area contributed by atoms with Gasteiger partial charge in [-0.15, -0.1) is 0 Å². The Bertz CT molecular complexity index is 370. The zero-order valence-electron chi connectivity index (χ0n) is 13.3. The predicted octanol–water partition coefficient (Wildman–Crippen LogP) is 0.0802. The standard InChI is InChI=1S/C15H27N3O3/c1-11-8-18(9-12(2)21-11)14(19)10-17-6-4-13(5-7-17)15(20)16-3/h11-13H,4-10H2,1-3H3,(H,16,20). The van der Waals surface area contributed by atoms with Gasteiger partial charge in [0.15, 0.2) is 0 Å². The molecule has 0 aromatic rings. The van der Waals surface area contributed by atoms with Gasteiger partial charge in [0.25, 0.3) is 0 Å². The van der Waals surface area contributed by atoms with Crippen LogP contribution < -0.4 is 5.32 Å². The summed E-state index contributed by atoms with van der Waals surface area (Å²) < 4.78 is 5.66. The summed E-state index contributed by atoms with van der Waals surface area (Å²) in [7, 11) is 1.68. The highest BCUT2D eigenvalue weighted by atomic mass is 16.5. The number of rotatable bonds is 3. The second-order valence-corrected chi connectivity index (χ2v) is 6.22. The lowest BCUT2D eigenvalue weighted by Crippen LogP contribution is -2.52. The molecule has 1 N–H and O–H groups in total. The topological polar surface area (TPSA) is 61.9 Å². The monoisotopic (exact) mass is 297 g/mol. The van der Waals surface area contributed by atoms with Crippen molar-refractivity contribution in [2.45, 2.75) is 38.9 Å². The molecule has 2 fully saturated rings. The van der Waals surface area contributed by atoms with Crippen LogP contribution in [-0.2, 0) is 14.3 Å². The molecule has 0 aromatic carbocycles. The van der Waals surface area contributed by atoms with Crippen molar-refractivity contribution in [1.82, 2.24) is 15.1 Å². The fourth-order valence-corrected chi connectivity index (χ4v) is 3.23. The minimum Gasteiger partial charge on any atom is -0.372 e. The maximum Gasteiger partial charge on any atom is 0.236 e. The Hall–Kier alpha value is -1.14. The number of piperidine rings is 1. The summed E-state index contributed by atoms with van der Waals surface area (Å²) in [6, 6.07) is 0. The minimum atomic E-state index is 0.102. The van der Waals surface area contributed by atoms with E-state index in [2.05, 4.69) is 10.2 Å². The first-order valence-corrected chi connectivity index (χ1v) is 7.86. The van der Waals surface area contributed by atoms with E-state index in [1.165, 1.54) is 0 Å². The normalized spacial score (nSPS) is 28.4. The Labute approximate surface area is 126 Å². The van der Waals surface area contributed by atoms with Crippen molar-refractivity contribution in [2.24, 2.45) is 5.92 Å². The molecule has 0 spiro atoms. The Morgan fingerprint density at radius 1 is 1.14 bits per heavy atom. The van der Waals surface area contributed by atoms with Crippen molar-refractivity contribution in [3.8, 4) is 0 Å². The Kier molecular flexibility index (Phi) is 5.58. The molecule has 0 aromatic heterocycles. The number of carbonyl (C=O) groups is 2. The molecule has 0 aliphatic carbocycles. The van der Waals surface area contributed by atoms with Crippen LogP contribution in [0.25, 0.3) is 0 Å². The van der Waals surface area contributed by atoms with Gasteiger partial charge in [-0.1, -0.05) is 0 Å². The summed E-state index contributed by atoms with van der Waals surface area (Å²) in [6.45, 7) is 7.46. The van der Waals surface area contributed by atoms with Gasteiger partial charge in [-0.05, 0) is 39.8 Å². The third-order valence-electron chi connectivity index (χ3n) is 4.34. The highest BCUT2D eigenvalue weighted by molar-refractivity contribution is 5.79. The van der Waals surface area contributed by atoms with Crippen molar-refractivity contribution < 1.29 is 14.3 Å². The van der Waals surface area contributed by atoms with Crippen molar-refractivity contribution >= 4 is 11.8 Å². The molecule has 6 heteroatoms. The van der Waals surface area contributed by atoms with Crippen LogP contribution in [-0.4, -0.2) is 73.6 Å². The maximum atomic E-state index is 12.4. The van der Waals surface area contributed by atoms with Crippen molar-refractivity contribution in [3.63, 3.8) is 0 Å². The number of amides is 2. The Balaban J connectivity index is 1.78. The van der Waals surface area contributed by atoms with Crippen LogP contribution in [0.3, 0.4) is 0 Å². The fourth-order valence-electron chi connectivity index (χ4n) is 3.23. The Morgan fingerprint density at radius 3 is 2.24 bits per heavy atom. The number of carbonyl (C=O) groups excluding carboxylic acids is 2. The molecule has 21 heavy (non-hydrogen) atoms. The highest BCUT2D eigenvalue weighted by Crippen LogP contribution is 2.18. The van der Waals surface area contributed by atoms with Gasteiger partial charge in [0.05, 0.1) is 18.8 Å². The van der Waals surface area contributed by atoms with Gasteiger partial charge in [0.2, 0.25) is 11.8 Å². The Morgan fingerprint density at radius 2 is 1.71 bits per heavy atom. The summed E-state index contributed by atoms with van der Waals surface area (Å²) in [5, 5.41) is 2.71. The summed E-state index contributed by atoms with van der Waals surface area (Å²) >= 11 is 0. The number of hydrogen-bond donors (Lipinski definition) is 1. The van der Waals surface area contributed by atoms with Crippen LogP contribution in [0, 0.1) is 5.92 Å². The first-order valence-electron chi connectivity index (χ1n) is 7.86. The fraction of sp³-hybridized carbons (Fsp3) is 0.867. The van der Waals surface area contributed by atoms with E-state index < -0.39 is 0 Å². The quantitative estimate of drug-likeness (QED) is 0.801. The molecule has 0 bridgehead atoms. The summed E-state index contributed by atoms with van der Waals surface area (Å²) in [5.74, 6) is 0.400. The summed E-state index contributed by atoms with van der Waals surface area (Å²) in [5.41, 5.74) is 0. The zero-order valence-corrected chi connectivity index (χ0v) is 13.3. The SMILES string of the molecule is CNC(=O)C1CCN(CC(=O)N2CC(C)OC(C)C2)CC1. The summed E-state index contributed by atoms with van der Waals surface area (Å²) in [6.07, 6.45) is 1.89. The number of hydrogen-bond acceptors (Lipinski definition) is 4. The number of nitrogens with one attached hydrogen (secondary N) is 1. The van der Waals surface area contributed by atoms with Crippen molar-refractivity contribution in [1.29, 1.82) is 0 Å². The third kappa shape index (κ3) is 4.41. The first kappa shape index (κ1) is 16.2.